The van der Waals surface area contributed by atoms with Crippen LogP contribution in [0.3, 0.4) is 0 Å². The minimum atomic E-state index is -0.115. The van der Waals surface area contributed by atoms with Crippen molar-refractivity contribution in [3.05, 3.63) is 54.1 Å². The number of urea groups is 1. The van der Waals surface area contributed by atoms with Crippen molar-refractivity contribution in [2.24, 2.45) is 0 Å². The van der Waals surface area contributed by atoms with E-state index >= 15 is 0 Å². The van der Waals surface area contributed by atoms with Crippen molar-refractivity contribution in [2.45, 2.75) is 6.42 Å². The van der Waals surface area contributed by atoms with E-state index < -0.39 is 0 Å². The molecule has 96 valence electrons. The number of para-hydroxylation sites is 1. The van der Waals surface area contributed by atoms with Gasteiger partial charge in [0.2, 0.25) is 0 Å². The Morgan fingerprint density at radius 2 is 2.00 bits per heavy atom. The summed E-state index contributed by atoms with van der Waals surface area (Å²) in [5, 5.41) is 2.87. The van der Waals surface area contributed by atoms with Crippen molar-refractivity contribution in [2.75, 3.05) is 22.5 Å². The third-order valence-corrected chi connectivity index (χ3v) is 3.27. The Kier molecular flexibility index (Phi) is 2.83. The molecule has 19 heavy (non-hydrogen) atoms. The van der Waals surface area contributed by atoms with Crippen LogP contribution in [0.5, 0.6) is 0 Å². The van der Waals surface area contributed by atoms with Gasteiger partial charge in [-0.1, -0.05) is 24.3 Å². The third kappa shape index (κ3) is 2.25. The van der Waals surface area contributed by atoms with Crippen molar-refractivity contribution in [1.82, 2.24) is 0 Å². The highest BCUT2D eigenvalue weighted by Crippen LogP contribution is 2.28. The lowest BCUT2D eigenvalue weighted by molar-refractivity contribution is 0.257. The molecule has 0 radical (unpaired) electrons. The lowest BCUT2D eigenvalue weighted by Crippen LogP contribution is -2.33. The predicted octanol–water partition coefficient (Wildman–Crippen LogP) is 2.86. The van der Waals surface area contributed by atoms with E-state index in [2.05, 4.69) is 11.4 Å². The van der Waals surface area contributed by atoms with E-state index in [1.807, 2.05) is 30.3 Å². The van der Waals surface area contributed by atoms with Gasteiger partial charge in [0, 0.05) is 23.6 Å². The molecule has 3 N–H and O–H groups in total. The van der Waals surface area contributed by atoms with Crippen molar-refractivity contribution < 1.29 is 4.79 Å². The topological polar surface area (TPSA) is 58.4 Å². The molecule has 2 aromatic carbocycles. The molecule has 0 saturated heterocycles. The molecule has 0 aromatic heterocycles. The molecule has 0 fully saturated rings. The van der Waals surface area contributed by atoms with Gasteiger partial charge in [0.25, 0.3) is 0 Å². The summed E-state index contributed by atoms with van der Waals surface area (Å²) in [4.78, 5) is 14.0. The zero-order valence-corrected chi connectivity index (χ0v) is 10.5. The van der Waals surface area contributed by atoms with Crippen LogP contribution >= 0.6 is 0 Å². The summed E-state index contributed by atoms with van der Waals surface area (Å²) in [5.41, 5.74) is 9.26. The van der Waals surface area contributed by atoms with Gasteiger partial charge in [-0.25, -0.2) is 4.79 Å². The maximum absolute atomic E-state index is 12.3. The SMILES string of the molecule is Nc1cccc(NC(=O)N2CCc3ccccc32)c1. The number of anilines is 3. The third-order valence-electron chi connectivity index (χ3n) is 3.27. The summed E-state index contributed by atoms with van der Waals surface area (Å²) in [6, 6.07) is 15.1. The molecule has 0 aliphatic carbocycles. The maximum atomic E-state index is 12.3. The molecule has 0 spiro atoms. The number of nitrogens with one attached hydrogen (secondary N) is 1. The zero-order chi connectivity index (χ0) is 13.2. The number of amides is 2. The fraction of sp³-hybridized carbons (Fsp3) is 0.133. The second-order valence-electron chi connectivity index (χ2n) is 4.59. The molecule has 0 atom stereocenters. The summed E-state index contributed by atoms with van der Waals surface area (Å²) >= 11 is 0. The Morgan fingerprint density at radius 3 is 2.84 bits per heavy atom. The van der Waals surface area contributed by atoms with Gasteiger partial charge in [-0.15, -0.1) is 0 Å². The predicted molar refractivity (Wildman–Crippen MR) is 77.4 cm³/mol. The largest absolute Gasteiger partial charge is 0.399 e. The summed E-state index contributed by atoms with van der Waals surface area (Å²) in [6.45, 7) is 0.716. The smallest absolute Gasteiger partial charge is 0.326 e. The van der Waals surface area contributed by atoms with Gasteiger partial charge < -0.3 is 11.1 Å². The van der Waals surface area contributed by atoms with E-state index in [9.17, 15) is 4.79 Å². The van der Waals surface area contributed by atoms with Crippen molar-refractivity contribution in [1.29, 1.82) is 0 Å². The number of rotatable bonds is 1. The fourth-order valence-corrected chi connectivity index (χ4v) is 2.36. The van der Waals surface area contributed by atoms with Crippen LogP contribution < -0.4 is 16.0 Å². The first-order valence-corrected chi connectivity index (χ1v) is 6.26. The fourth-order valence-electron chi connectivity index (χ4n) is 2.36. The monoisotopic (exact) mass is 253 g/mol. The number of nitrogens with zero attached hydrogens (tertiary/aromatic N) is 1. The highest BCUT2D eigenvalue weighted by Gasteiger charge is 2.23. The Bertz CT molecular complexity index is 624. The van der Waals surface area contributed by atoms with E-state index in [4.69, 9.17) is 5.73 Å². The number of benzene rings is 2. The number of fused-ring (bicyclic) bond motifs is 1. The summed E-state index contributed by atoms with van der Waals surface area (Å²) in [6.07, 6.45) is 0.903. The molecule has 4 nitrogen and oxygen atoms in total. The molecule has 4 heteroatoms. The molecule has 0 saturated carbocycles. The second kappa shape index (κ2) is 4.65. The quantitative estimate of drug-likeness (QED) is 0.768. The van der Waals surface area contributed by atoms with Crippen LogP contribution in [0.4, 0.5) is 21.9 Å². The lowest BCUT2D eigenvalue weighted by Gasteiger charge is -2.18. The summed E-state index contributed by atoms with van der Waals surface area (Å²) < 4.78 is 0. The first kappa shape index (κ1) is 11.6. The minimum Gasteiger partial charge on any atom is -0.399 e. The average Bonchev–Trinajstić information content (AvgIpc) is 2.82. The number of nitrogens with two attached hydrogens (primary N) is 1. The van der Waals surface area contributed by atoms with E-state index in [1.54, 1.807) is 17.0 Å². The molecule has 0 unspecified atom stereocenters. The summed E-state index contributed by atoms with van der Waals surface area (Å²) in [5.74, 6) is 0. The average molecular weight is 253 g/mol. The Labute approximate surface area is 111 Å². The van der Waals surface area contributed by atoms with E-state index in [0.717, 1.165) is 17.8 Å². The molecule has 2 amide bonds. The van der Waals surface area contributed by atoms with Crippen LogP contribution in [0.25, 0.3) is 0 Å². The highest BCUT2D eigenvalue weighted by atomic mass is 16.2. The van der Waals surface area contributed by atoms with Gasteiger partial charge in [-0.05, 0) is 36.2 Å². The number of hydrogen-bond acceptors (Lipinski definition) is 2. The second-order valence-corrected chi connectivity index (χ2v) is 4.59. The van der Waals surface area contributed by atoms with Crippen molar-refractivity contribution >= 4 is 23.1 Å². The van der Waals surface area contributed by atoms with Crippen LogP contribution in [0, 0.1) is 0 Å². The molecule has 1 aliphatic rings. The first-order chi connectivity index (χ1) is 9.24. The van der Waals surface area contributed by atoms with Gasteiger partial charge in [0.05, 0.1) is 0 Å². The van der Waals surface area contributed by atoms with Crippen LogP contribution in [0.15, 0.2) is 48.5 Å². The summed E-state index contributed by atoms with van der Waals surface area (Å²) in [7, 11) is 0. The van der Waals surface area contributed by atoms with Crippen LogP contribution in [-0.2, 0) is 6.42 Å². The maximum Gasteiger partial charge on any atom is 0.326 e. The number of carbonyl (C=O) groups excluding carboxylic acids is 1. The number of hydrogen-bond donors (Lipinski definition) is 2. The van der Waals surface area contributed by atoms with E-state index in [1.165, 1.54) is 5.56 Å². The standard InChI is InChI=1S/C15H15N3O/c16-12-5-3-6-13(10-12)17-15(19)18-9-8-11-4-1-2-7-14(11)18/h1-7,10H,8-9,16H2,(H,17,19). The molecule has 1 heterocycles. The van der Waals surface area contributed by atoms with Crippen molar-refractivity contribution in [3.8, 4) is 0 Å². The minimum absolute atomic E-state index is 0.115. The normalized spacial score (nSPS) is 13.2. The van der Waals surface area contributed by atoms with Gasteiger partial charge in [0.1, 0.15) is 0 Å². The molecule has 1 aliphatic heterocycles. The Balaban J connectivity index is 1.79. The Hall–Kier alpha value is -2.49. The zero-order valence-electron chi connectivity index (χ0n) is 10.5. The lowest BCUT2D eigenvalue weighted by atomic mass is 10.2. The first-order valence-electron chi connectivity index (χ1n) is 6.26. The van der Waals surface area contributed by atoms with Crippen molar-refractivity contribution in [3.63, 3.8) is 0 Å². The number of carbonyl (C=O) groups is 1. The van der Waals surface area contributed by atoms with Gasteiger partial charge in [0.15, 0.2) is 0 Å². The Morgan fingerprint density at radius 1 is 1.16 bits per heavy atom. The molecular weight excluding hydrogens is 238 g/mol. The van der Waals surface area contributed by atoms with Gasteiger partial charge in [-0.3, -0.25) is 4.90 Å². The van der Waals surface area contributed by atoms with E-state index in [-0.39, 0.29) is 6.03 Å². The molecular formula is C15H15N3O. The molecule has 3 rings (SSSR count). The highest BCUT2D eigenvalue weighted by molar-refractivity contribution is 6.03. The number of nitrogen functional groups attached to an aromatic ring is 1. The van der Waals surface area contributed by atoms with Crippen LogP contribution in [0.2, 0.25) is 0 Å². The molecule has 2 aromatic rings. The van der Waals surface area contributed by atoms with Gasteiger partial charge in [-0.2, -0.15) is 0 Å². The van der Waals surface area contributed by atoms with Gasteiger partial charge >= 0.3 is 6.03 Å². The molecule has 0 bridgehead atoms. The van der Waals surface area contributed by atoms with E-state index in [0.29, 0.717) is 12.2 Å². The van der Waals surface area contributed by atoms with Crippen LogP contribution in [0.1, 0.15) is 5.56 Å². The van der Waals surface area contributed by atoms with Crippen LogP contribution in [-0.4, -0.2) is 12.6 Å².